The van der Waals surface area contributed by atoms with E-state index in [0.717, 1.165) is 11.1 Å². The average Bonchev–Trinajstić information content (AvgIpc) is 2.82. The molecule has 0 aliphatic heterocycles. The van der Waals surface area contributed by atoms with Gasteiger partial charge in [-0.1, -0.05) is 54.9 Å². The van der Waals surface area contributed by atoms with Crippen molar-refractivity contribution in [2.24, 2.45) is 0 Å². The summed E-state index contributed by atoms with van der Waals surface area (Å²) in [7, 11) is -3.70. The smallest absolute Gasteiger partial charge is 0.251 e. The fourth-order valence-corrected chi connectivity index (χ4v) is 4.13. The van der Waals surface area contributed by atoms with Gasteiger partial charge in [-0.15, -0.1) is 0 Å². The monoisotopic (exact) mass is 470 g/mol. The van der Waals surface area contributed by atoms with E-state index in [2.05, 4.69) is 10.0 Å². The van der Waals surface area contributed by atoms with Gasteiger partial charge in [0, 0.05) is 17.1 Å². The molecular formula is C24H23ClN2O4S. The fourth-order valence-electron chi connectivity index (χ4n) is 2.99. The van der Waals surface area contributed by atoms with Gasteiger partial charge in [0.15, 0.2) is 0 Å². The second-order valence-electron chi connectivity index (χ2n) is 7.18. The maximum Gasteiger partial charge on any atom is 0.251 e. The fraction of sp³-hybridized carbons (Fsp3) is 0.167. The number of amides is 1. The molecule has 1 amide bonds. The molecule has 32 heavy (non-hydrogen) atoms. The Kier molecular flexibility index (Phi) is 7.80. The highest BCUT2D eigenvalue weighted by Gasteiger charge is 2.15. The van der Waals surface area contributed by atoms with E-state index < -0.39 is 16.1 Å². The lowest BCUT2D eigenvalue weighted by Gasteiger charge is -2.11. The Labute approximate surface area is 192 Å². The maximum absolute atomic E-state index is 12.6. The SMILES string of the molecule is CCC(C=O)NC(=O)c1ccc(CNS(=O)(=O)c2ccc(-c3ccc(Cl)cc3)cc2)cc1. The second kappa shape index (κ2) is 10.5. The highest BCUT2D eigenvalue weighted by atomic mass is 35.5. The summed E-state index contributed by atoms with van der Waals surface area (Å²) in [6.45, 7) is 1.88. The summed E-state index contributed by atoms with van der Waals surface area (Å²) >= 11 is 5.91. The molecule has 1 atom stereocenters. The lowest BCUT2D eigenvalue weighted by molar-refractivity contribution is -0.109. The van der Waals surface area contributed by atoms with Crippen molar-refractivity contribution in [1.82, 2.24) is 10.0 Å². The zero-order chi connectivity index (χ0) is 23.1. The van der Waals surface area contributed by atoms with E-state index in [-0.39, 0.29) is 17.3 Å². The number of hydrogen-bond donors (Lipinski definition) is 2. The highest BCUT2D eigenvalue weighted by Crippen LogP contribution is 2.23. The molecule has 0 heterocycles. The Hall–Kier alpha value is -3.00. The van der Waals surface area contributed by atoms with E-state index in [0.29, 0.717) is 28.9 Å². The summed E-state index contributed by atoms with van der Waals surface area (Å²) in [5, 5.41) is 3.26. The van der Waals surface area contributed by atoms with Gasteiger partial charge in [-0.2, -0.15) is 0 Å². The minimum Gasteiger partial charge on any atom is -0.343 e. The van der Waals surface area contributed by atoms with Crippen LogP contribution in [0.5, 0.6) is 0 Å². The Morgan fingerprint density at radius 3 is 2.03 bits per heavy atom. The van der Waals surface area contributed by atoms with Crippen LogP contribution in [0, 0.1) is 0 Å². The van der Waals surface area contributed by atoms with Crippen molar-refractivity contribution in [3.63, 3.8) is 0 Å². The van der Waals surface area contributed by atoms with E-state index in [1.165, 1.54) is 0 Å². The second-order valence-corrected chi connectivity index (χ2v) is 9.38. The van der Waals surface area contributed by atoms with E-state index >= 15 is 0 Å². The molecule has 0 aliphatic rings. The van der Waals surface area contributed by atoms with Crippen LogP contribution in [-0.2, 0) is 21.4 Å². The minimum absolute atomic E-state index is 0.0785. The van der Waals surface area contributed by atoms with Gasteiger partial charge in [0.1, 0.15) is 6.29 Å². The molecule has 6 nitrogen and oxygen atoms in total. The van der Waals surface area contributed by atoms with E-state index in [1.54, 1.807) is 67.6 Å². The third-order valence-corrected chi connectivity index (χ3v) is 6.61. The molecule has 2 N–H and O–H groups in total. The van der Waals surface area contributed by atoms with Gasteiger partial charge in [-0.25, -0.2) is 13.1 Å². The van der Waals surface area contributed by atoms with Crippen molar-refractivity contribution in [3.05, 3.63) is 88.9 Å². The van der Waals surface area contributed by atoms with Crippen LogP contribution >= 0.6 is 11.6 Å². The first kappa shape index (κ1) is 23.7. The van der Waals surface area contributed by atoms with Crippen molar-refractivity contribution >= 4 is 33.8 Å². The quantitative estimate of drug-likeness (QED) is 0.458. The summed E-state index contributed by atoms with van der Waals surface area (Å²) in [6.07, 6.45) is 1.21. The third-order valence-electron chi connectivity index (χ3n) is 4.95. The van der Waals surface area contributed by atoms with Crippen LogP contribution < -0.4 is 10.0 Å². The molecule has 0 saturated carbocycles. The van der Waals surface area contributed by atoms with Crippen LogP contribution in [0.15, 0.2) is 77.7 Å². The molecule has 3 aromatic carbocycles. The number of halogens is 1. The Balaban J connectivity index is 1.62. The number of rotatable bonds is 9. The maximum atomic E-state index is 12.6. The molecular weight excluding hydrogens is 448 g/mol. The zero-order valence-electron chi connectivity index (χ0n) is 17.4. The number of sulfonamides is 1. The normalized spacial score (nSPS) is 12.2. The van der Waals surface area contributed by atoms with Gasteiger partial charge in [-0.3, -0.25) is 4.79 Å². The van der Waals surface area contributed by atoms with Crippen molar-refractivity contribution in [1.29, 1.82) is 0 Å². The van der Waals surface area contributed by atoms with Crippen molar-refractivity contribution in [2.75, 3.05) is 0 Å². The number of nitrogens with one attached hydrogen (secondary N) is 2. The molecule has 8 heteroatoms. The van der Waals surface area contributed by atoms with Crippen LogP contribution in [0.4, 0.5) is 0 Å². The van der Waals surface area contributed by atoms with E-state index in [9.17, 15) is 18.0 Å². The summed E-state index contributed by atoms with van der Waals surface area (Å²) in [6, 6.07) is 19.9. The van der Waals surface area contributed by atoms with Gasteiger partial charge in [0.25, 0.3) is 5.91 Å². The van der Waals surface area contributed by atoms with Gasteiger partial charge in [-0.05, 0) is 59.5 Å². The number of aldehydes is 1. The largest absolute Gasteiger partial charge is 0.343 e. The first-order chi connectivity index (χ1) is 15.3. The predicted molar refractivity (Wildman–Crippen MR) is 125 cm³/mol. The molecule has 0 aliphatic carbocycles. The first-order valence-electron chi connectivity index (χ1n) is 10.0. The number of hydrogen-bond acceptors (Lipinski definition) is 4. The summed E-state index contributed by atoms with van der Waals surface area (Å²) < 4.78 is 27.8. The predicted octanol–water partition coefficient (Wildman–Crippen LogP) is 4.19. The molecule has 1 unspecified atom stereocenters. The molecule has 0 spiro atoms. The van der Waals surface area contributed by atoms with Crippen LogP contribution in [0.1, 0.15) is 29.3 Å². The number of carbonyl (C=O) groups excluding carboxylic acids is 2. The number of benzene rings is 3. The van der Waals surface area contributed by atoms with Gasteiger partial charge in [0.05, 0.1) is 10.9 Å². The molecule has 166 valence electrons. The lowest BCUT2D eigenvalue weighted by Crippen LogP contribution is -2.35. The molecule has 3 rings (SSSR count). The Bertz CT molecular complexity index is 1180. The van der Waals surface area contributed by atoms with Gasteiger partial charge < -0.3 is 10.1 Å². The summed E-state index contributed by atoms with van der Waals surface area (Å²) in [4.78, 5) is 23.2. The highest BCUT2D eigenvalue weighted by molar-refractivity contribution is 7.89. The molecule has 0 aromatic heterocycles. The molecule has 3 aromatic rings. The third kappa shape index (κ3) is 6.03. The van der Waals surface area contributed by atoms with Gasteiger partial charge >= 0.3 is 0 Å². The van der Waals surface area contributed by atoms with E-state index in [4.69, 9.17) is 11.6 Å². The van der Waals surface area contributed by atoms with Crippen molar-refractivity contribution < 1.29 is 18.0 Å². The molecule has 0 radical (unpaired) electrons. The van der Waals surface area contributed by atoms with E-state index in [1.807, 2.05) is 12.1 Å². The number of carbonyl (C=O) groups is 2. The minimum atomic E-state index is -3.70. The van der Waals surface area contributed by atoms with Crippen LogP contribution in [-0.4, -0.2) is 26.7 Å². The van der Waals surface area contributed by atoms with Crippen LogP contribution in [0.3, 0.4) is 0 Å². The zero-order valence-corrected chi connectivity index (χ0v) is 19.0. The van der Waals surface area contributed by atoms with Crippen LogP contribution in [0.25, 0.3) is 11.1 Å². The Morgan fingerprint density at radius 1 is 0.938 bits per heavy atom. The Morgan fingerprint density at radius 2 is 1.50 bits per heavy atom. The lowest BCUT2D eigenvalue weighted by atomic mass is 10.1. The van der Waals surface area contributed by atoms with Crippen LogP contribution in [0.2, 0.25) is 5.02 Å². The van der Waals surface area contributed by atoms with Gasteiger partial charge in [0.2, 0.25) is 10.0 Å². The standard InChI is InChI=1S/C24H23ClN2O4S/c1-2-22(16-28)27-24(29)20-5-3-17(4-6-20)15-26-32(30,31)23-13-9-19(10-14-23)18-7-11-21(25)12-8-18/h3-14,16,22,26H,2,15H2,1H3,(H,27,29). The molecule has 0 saturated heterocycles. The topological polar surface area (TPSA) is 92.3 Å². The molecule has 0 bridgehead atoms. The average molecular weight is 471 g/mol. The van der Waals surface area contributed by atoms with Crippen molar-refractivity contribution in [2.45, 2.75) is 30.8 Å². The van der Waals surface area contributed by atoms with Crippen molar-refractivity contribution in [3.8, 4) is 11.1 Å². The molecule has 0 fully saturated rings. The first-order valence-corrected chi connectivity index (χ1v) is 11.9. The summed E-state index contributed by atoms with van der Waals surface area (Å²) in [5.41, 5.74) is 2.92. The summed E-state index contributed by atoms with van der Waals surface area (Å²) in [5.74, 6) is -0.350.